The van der Waals surface area contributed by atoms with Gasteiger partial charge in [0.15, 0.2) is 0 Å². The number of hydrogen-bond donors (Lipinski definition) is 0. The Balaban J connectivity index is 1.28. The summed E-state index contributed by atoms with van der Waals surface area (Å²) in [5.74, 6) is 1.60. The van der Waals surface area contributed by atoms with Crippen LogP contribution in [0.25, 0.3) is 21.0 Å². The van der Waals surface area contributed by atoms with E-state index >= 15 is 0 Å². The number of allylic oxidation sites excluding steroid dienone is 1. The molecule has 0 radical (unpaired) electrons. The molecule has 30 heavy (non-hydrogen) atoms. The van der Waals surface area contributed by atoms with Crippen molar-refractivity contribution in [3.63, 3.8) is 0 Å². The van der Waals surface area contributed by atoms with Gasteiger partial charge in [-0.25, -0.2) is 0 Å². The monoisotopic (exact) mass is 415 g/mol. The van der Waals surface area contributed by atoms with Gasteiger partial charge in [0.1, 0.15) is 18.1 Å². The van der Waals surface area contributed by atoms with Crippen molar-refractivity contribution in [2.45, 2.75) is 6.42 Å². The molecule has 4 aromatic rings. The summed E-state index contributed by atoms with van der Waals surface area (Å²) in [5.41, 5.74) is 1.95. The van der Waals surface area contributed by atoms with Gasteiger partial charge in [0, 0.05) is 35.0 Å². The summed E-state index contributed by atoms with van der Waals surface area (Å²) in [5, 5.41) is 9.03. The van der Waals surface area contributed by atoms with Crippen LogP contribution in [0.1, 0.15) is 11.3 Å². The standard InChI is InChI=1S/C24H21N3O2S/c1-28-18-8-9-19-21(16-18)25-11-10-22(19)29-14-13-27-12-4-6-20(26-27)24-15-17-5-2-3-7-23(17)30-24/h2-5,7-12,15-16H,6,13-14H2,1H3. The van der Waals surface area contributed by atoms with Gasteiger partial charge in [0.05, 0.1) is 29.8 Å². The molecule has 0 bridgehead atoms. The van der Waals surface area contributed by atoms with Crippen molar-refractivity contribution in [3.8, 4) is 11.5 Å². The molecule has 5 rings (SSSR count). The number of pyridine rings is 1. The molecule has 0 saturated heterocycles. The van der Waals surface area contributed by atoms with Crippen LogP contribution in [0, 0.1) is 0 Å². The first-order valence-electron chi connectivity index (χ1n) is 9.85. The number of rotatable bonds is 6. The molecule has 6 heteroatoms. The topological polar surface area (TPSA) is 47.0 Å². The summed E-state index contributed by atoms with van der Waals surface area (Å²) in [4.78, 5) is 5.63. The zero-order valence-corrected chi connectivity index (χ0v) is 17.4. The lowest BCUT2D eigenvalue weighted by Crippen LogP contribution is -2.22. The summed E-state index contributed by atoms with van der Waals surface area (Å²) in [6.45, 7) is 1.20. The zero-order valence-electron chi connectivity index (χ0n) is 16.6. The highest BCUT2D eigenvalue weighted by Crippen LogP contribution is 2.28. The van der Waals surface area contributed by atoms with Crippen LogP contribution < -0.4 is 9.47 Å². The molecule has 0 amide bonds. The van der Waals surface area contributed by atoms with Crippen LogP contribution in [-0.4, -0.2) is 36.0 Å². The second-order valence-corrected chi connectivity index (χ2v) is 8.07. The summed E-state index contributed by atoms with van der Waals surface area (Å²) < 4.78 is 12.6. The Hall–Kier alpha value is -3.38. The van der Waals surface area contributed by atoms with E-state index in [4.69, 9.17) is 14.6 Å². The second kappa shape index (κ2) is 8.16. The molecule has 0 spiro atoms. The molecule has 0 atom stereocenters. The molecule has 2 aromatic carbocycles. The van der Waals surface area contributed by atoms with Gasteiger partial charge in [-0.3, -0.25) is 9.99 Å². The Morgan fingerprint density at radius 1 is 1.10 bits per heavy atom. The molecule has 3 heterocycles. The van der Waals surface area contributed by atoms with Gasteiger partial charge in [0.2, 0.25) is 0 Å². The Bertz CT molecular complexity index is 1230. The molecule has 1 aliphatic rings. The molecular formula is C24H21N3O2S. The van der Waals surface area contributed by atoms with E-state index in [-0.39, 0.29) is 0 Å². The molecule has 0 aliphatic carbocycles. The van der Waals surface area contributed by atoms with Gasteiger partial charge in [-0.2, -0.15) is 5.10 Å². The van der Waals surface area contributed by atoms with Crippen molar-refractivity contribution in [2.24, 2.45) is 5.10 Å². The number of methoxy groups -OCH3 is 1. The van der Waals surface area contributed by atoms with Gasteiger partial charge >= 0.3 is 0 Å². The van der Waals surface area contributed by atoms with E-state index < -0.39 is 0 Å². The number of ether oxygens (including phenoxy) is 2. The van der Waals surface area contributed by atoms with E-state index in [0.29, 0.717) is 13.2 Å². The number of aromatic nitrogens is 1. The van der Waals surface area contributed by atoms with E-state index in [2.05, 4.69) is 41.4 Å². The maximum atomic E-state index is 6.06. The second-order valence-electron chi connectivity index (χ2n) is 6.99. The van der Waals surface area contributed by atoms with Crippen molar-refractivity contribution in [3.05, 3.63) is 77.9 Å². The SMILES string of the molecule is COc1ccc2c(OCCN3C=CCC(c4cc5ccccc5s4)=N3)ccnc2c1. The van der Waals surface area contributed by atoms with Gasteiger partial charge in [-0.1, -0.05) is 24.3 Å². The molecule has 1 aliphatic heterocycles. The van der Waals surface area contributed by atoms with Crippen molar-refractivity contribution >= 4 is 38.0 Å². The highest BCUT2D eigenvalue weighted by Gasteiger charge is 2.13. The number of nitrogens with zero attached hydrogens (tertiary/aromatic N) is 3. The third-order valence-corrected chi connectivity index (χ3v) is 6.20. The fraction of sp³-hybridized carbons (Fsp3) is 0.167. The van der Waals surface area contributed by atoms with Crippen LogP contribution in [-0.2, 0) is 0 Å². The Kier molecular flexibility index (Phi) is 5.07. The lowest BCUT2D eigenvalue weighted by molar-refractivity contribution is 0.260. The van der Waals surface area contributed by atoms with Crippen LogP contribution >= 0.6 is 11.3 Å². The molecule has 5 nitrogen and oxygen atoms in total. The van der Waals surface area contributed by atoms with Gasteiger partial charge in [0.25, 0.3) is 0 Å². The molecule has 2 aromatic heterocycles. The Morgan fingerprint density at radius 2 is 2.03 bits per heavy atom. The maximum absolute atomic E-state index is 6.06. The van der Waals surface area contributed by atoms with E-state index in [1.165, 1.54) is 15.0 Å². The molecule has 150 valence electrons. The molecule has 0 fully saturated rings. The number of thiophene rings is 1. The third kappa shape index (κ3) is 3.74. The van der Waals surface area contributed by atoms with Crippen LogP contribution in [0.15, 0.2) is 78.2 Å². The third-order valence-electron chi connectivity index (χ3n) is 5.04. The van der Waals surface area contributed by atoms with Crippen LogP contribution in [0.5, 0.6) is 11.5 Å². The predicted octanol–water partition coefficient (Wildman–Crippen LogP) is 5.46. The number of hydrazone groups is 1. The first kappa shape index (κ1) is 18.6. The molecule has 0 unspecified atom stereocenters. The van der Waals surface area contributed by atoms with Crippen LogP contribution in [0.2, 0.25) is 0 Å². The van der Waals surface area contributed by atoms with Crippen molar-refractivity contribution in [1.29, 1.82) is 0 Å². The van der Waals surface area contributed by atoms with Crippen LogP contribution in [0.4, 0.5) is 0 Å². The smallest absolute Gasteiger partial charge is 0.130 e. The van der Waals surface area contributed by atoms with E-state index in [9.17, 15) is 0 Å². The minimum atomic E-state index is 0.526. The van der Waals surface area contributed by atoms with E-state index in [1.807, 2.05) is 35.5 Å². The normalized spacial score (nSPS) is 13.6. The average molecular weight is 416 g/mol. The quantitative estimate of drug-likeness (QED) is 0.419. The van der Waals surface area contributed by atoms with Crippen molar-refractivity contribution in [2.75, 3.05) is 20.3 Å². The first-order chi connectivity index (χ1) is 14.8. The van der Waals surface area contributed by atoms with Crippen molar-refractivity contribution < 1.29 is 9.47 Å². The Morgan fingerprint density at radius 3 is 2.93 bits per heavy atom. The van der Waals surface area contributed by atoms with Gasteiger partial charge < -0.3 is 9.47 Å². The van der Waals surface area contributed by atoms with Crippen molar-refractivity contribution in [1.82, 2.24) is 9.99 Å². The number of fused-ring (bicyclic) bond motifs is 2. The zero-order chi connectivity index (χ0) is 20.3. The van der Waals surface area contributed by atoms with E-state index in [1.54, 1.807) is 24.6 Å². The average Bonchev–Trinajstić information content (AvgIpc) is 3.23. The summed E-state index contributed by atoms with van der Waals surface area (Å²) in [6, 6.07) is 18.4. The molecule has 0 N–H and O–H groups in total. The maximum Gasteiger partial charge on any atom is 0.130 e. The molecule has 0 saturated carbocycles. The lowest BCUT2D eigenvalue weighted by atomic mass is 10.2. The predicted molar refractivity (Wildman–Crippen MR) is 123 cm³/mol. The number of hydrogen-bond acceptors (Lipinski definition) is 6. The number of benzene rings is 2. The lowest BCUT2D eigenvalue weighted by Gasteiger charge is -2.20. The summed E-state index contributed by atoms with van der Waals surface area (Å²) >= 11 is 1.79. The fourth-order valence-electron chi connectivity index (χ4n) is 3.52. The van der Waals surface area contributed by atoms with Crippen LogP contribution in [0.3, 0.4) is 0 Å². The first-order valence-corrected chi connectivity index (χ1v) is 10.7. The minimum Gasteiger partial charge on any atom is -0.497 e. The molecular weight excluding hydrogens is 394 g/mol. The highest BCUT2D eigenvalue weighted by molar-refractivity contribution is 7.20. The summed E-state index contributed by atoms with van der Waals surface area (Å²) in [7, 11) is 1.65. The summed E-state index contributed by atoms with van der Waals surface area (Å²) in [6.07, 6.45) is 6.78. The van der Waals surface area contributed by atoms with Gasteiger partial charge in [-0.15, -0.1) is 11.3 Å². The van der Waals surface area contributed by atoms with E-state index in [0.717, 1.165) is 34.5 Å². The fourth-order valence-corrected chi connectivity index (χ4v) is 4.57. The van der Waals surface area contributed by atoms with Gasteiger partial charge in [-0.05, 0) is 35.7 Å². The Labute approximate surface area is 178 Å². The minimum absolute atomic E-state index is 0.526. The highest BCUT2D eigenvalue weighted by atomic mass is 32.1. The largest absolute Gasteiger partial charge is 0.497 e.